The minimum Gasteiger partial charge on any atom is -0.497 e. The second kappa shape index (κ2) is 9.26. The number of urea groups is 1. The minimum atomic E-state index is -0.0277. The van der Waals surface area contributed by atoms with E-state index in [0.717, 1.165) is 42.1 Å². The summed E-state index contributed by atoms with van der Waals surface area (Å²) in [6.07, 6.45) is 0.765. The van der Waals surface area contributed by atoms with Crippen LogP contribution in [0.5, 0.6) is 5.75 Å². The number of hydrogen-bond acceptors (Lipinski definition) is 4. The van der Waals surface area contributed by atoms with E-state index in [9.17, 15) is 9.59 Å². The van der Waals surface area contributed by atoms with Crippen LogP contribution in [0.4, 0.5) is 10.5 Å². The molecule has 3 rings (SSSR count). The molecule has 0 radical (unpaired) electrons. The van der Waals surface area contributed by atoms with Crippen LogP contribution >= 0.6 is 0 Å². The Labute approximate surface area is 166 Å². The molecule has 6 nitrogen and oxygen atoms in total. The van der Waals surface area contributed by atoms with E-state index in [0.29, 0.717) is 19.6 Å². The van der Waals surface area contributed by atoms with Gasteiger partial charge in [-0.3, -0.25) is 4.79 Å². The predicted octanol–water partition coefficient (Wildman–Crippen LogP) is 2.97. The summed E-state index contributed by atoms with van der Waals surface area (Å²) in [5, 5.41) is 3.00. The van der Waals surface area contributed by atoms with E-state index < -0.39 is 0 Å². The molecule has 0 bridgehead atoms. The molecule has 0 aromatic heterocycles. The number of benzene rings is 2. The molecule has 0 spiro atoms. The number of hydrogen-bond donors (Lipinski definition) is 1. The van der Waals surface area contributed by atoms with E-state index in [1.807, 2.05) is 53.4 Å². The van der Waals surface area contributed by atoms with Gasteiger partial charge in [-0.25, -0.2) is 4.79 Å². The van der Waals surface area contributed by atoms with Gasteiger partial charge in [0.25, 0.3) is 0 Å². The van der Waals surface area contributed by atoms with Gasteiger partial charge in [-0.1, -0.05) is 24.3 Å². The second-order valence-corrected chi connectivity index (χ2v) is 6.91. The van der Waals surface area contributed by atoms with Gasteiger partial charge >= 0.3 is 6.03 Å². The van der Waals surface area contributed by atoms with Gasteiger partial charge in [-0.2, -0.15) is 0 Å². The summed E-state index contributed by atoms with van der Waals surface area (Å²) >= 11 is 0. The number of carbonyl (C=O) groups is 2. The van der Waals surface area contributed by atoms with Crippen molar-refractivity contribution in [1.29, 1.82) is 0 Å². The molecule has 6 heteroatoms. The van der Waals surface area contributed by atoms with E-state index in [1.165, 1.54) is 0 Å². The summed E-state index contributed by atoms with van der Waals surface area (Å²) in [5.74, 6) is 0.893. The van der Waals surface area contributed by atoms with Crippen molar-refractivity contribution in [2.24, 2.45) is 0 Å². The lowest BCUT2D eigenvalue weighted by molar-refractivity contribution is 0.101. The zero-order chi connectivity index (χ0) is 19.9. The van der Waals surface area contributed by atoms with Crippen LogP contribution in [-0.4, -0.2) is 56.5 Å². The van der Waals surface area contributed by atoms with Gasteiger partial charge in [-0.15, -0.1) is 0 Å². The number of piperazine rings is 1. The lowest BCUT2D eigenvalue weighted by Gasteiger charge is -2.36. The number of Topliss-reactive ketones (excluding diaryl/α,β-unsaturated/α-hetero) is 1. The summed E-state index contributed by atoms with van der Waals surface area (Å²) < 4.78 is 5.23. The van der Waals surface area contributed by atoms with Crippen LogP contribution in [0.25, 0.3) is 0 Å². The fraction of sp³-hybridized carbons (Fsp3) is 0.364. The normalized spacial score (nSPS) is 13.9. The molecule has 1 N–H and O–H groups in total. The van der Waals surface area contributed by atoms with Crippen molar-refractivity contribution in [3.8, 4) is 5.75 Å². The van der Waals surface area contributed by atoms with Gasteiger partial charge in [0.1, 0.15) is 5.75 Å². The summed E-state index contributed by atoms with van der Waals surface area (Å²) in [6, 6.07) is 15.5. The molecule has 2 aromatic carbocycles. The van der Waals surface area contributed by atoms with E-state index in [1.54, 1.807) is 14.0 Å². The number of rotatable bonds is 6. The van der Waals surface area contributed by atoms with Gasteiger partial charge in [0.05, 0.1) is 7.11 Å². The number of methoxy groups -OCH3 is 1. The van der Waals surface area contributed by atoms with E-state index in [2.05, 4.69) is 10.2 Å². The molecule has 1 heterocycles. The molecule has 0 atom stereocenters. The summed E-state index contributed by atoms with van der Waals surface area (Å²) in [7, 11) is 1.65. The van der Waals surface area contributed by atoms with Crippen LogP contribution < -0.4 is 15.0 Å². The second-order valence-electron chi connectivity index (χ2n) is 6.91. The fourth-order valence-electron chi connectivity index (χ4n) is 3.34. The number of ketones is 1. The average molecular weight is 381 g/mol. The highest BCUT2D eigenvalue weighted by molar-refractivity contribution is 5.95. The number of amides is 2. The maximum atomic E-state index is 12.4. The van der Waals surface area contributed by atoms with Gasteiger partial charge in [-0.05, 0) is 43.2 Å². The Morgan fingerprint density at radius 3 is 2.50 bits per heavy atom. The molecule has 2 amide bonds. The van der Waals surface area contributed by atoms with Crippen LogP contribution in [0.2, 0.25) is 0 Å². The number of carbonyl (C=O) groups excluding carboxylic acids is 2. The monoisotopic (exact) mass is 381 g/mol. The summed E-state index contributed by atoms with van der Waals surface area (Å²) in [6.45, 7) is 5.00. The molecule has 2 aromatic rings. The number of nitrogens with zero attached hydrogens (tertiary/aromatic N) is 2. The quantitative estimate of drug-likeness (QED) is 0.782. The first-order valence-corrected chi connectivity index (χ1v) is 9.58. The molecule has 0 saturated carbocycles. The minimum absolute atomic E-state index is 0.0277. The highest BCUT2D eigenvalue weighted by Crippen LogP contribution is 2.18. The molecule has 0 unspecified atom stereocenters. The Balaban J connectivity index is 1.46. The first kappa shape index (κ1) is 19.7. The third-order valence-electron chi connectivity index (χ3n) is 5.01. The van der Waals surface area contributed by atoms with E-state index >= 15 is 0 Å². The Hall–Kier alpha value is -3.02. The standard InChI is InChI=1S/C22H27N3O3/c1-17(26)19-6-4-7-20(16-19)24-11-13-25(14-12-24)22(27)23-10-9-18-5-3-8-21(15-18)28-2/h3-8,15-16H,9-14H2,1-2H3,(H,23,27). The molecule has 1 aliphatic rings. The Bertz CT molecular complexity index is 829. The first-order chi connectivity index (χ1) is 13.6. The predicted molar refractivity (Wildman–Crippen MR) is 110 cm³/mol. The largest absolute Gasteiger partial charge is 0.497 e. The van der Waals surface area contributed by atoms with Crippen molar-refractivity contribution >= 4 is 17.5 Å². The number of ether oxygens (including phenoxy) is 1. The van der Waals surface area contributed by atoms with Crippen LogP contribution in [0.1, 0.15) is 22.8 Å². The SMILES string of the molecule is COc1cccc(CCNC(=O)N2CCN(c3cccc(C(C)=O)c3)CC2)c1. The molecule has 1 fully saturated rings. The summed E-state index contributed by atoms with van der Waals surface area (Å²) in [4.78, 5) is 28.1. The van der Waals surface area contributed by atoms with Crippen molar-refractivity contribution in [2.45, 2.75) is 13.3 Å². The topological polar surface area (TPSA) is 61.9 Å². The Morgan fingerprint density at radius 1 is 1.04 bits per heavy atom. The number of anilines is 1. The van der Waals surface area contributed by atoms with Crippen LogP contribution in [0.15, 0.2) is 48.5 Å². The third kappa shape index (κ3) is 5.03. The van der Waals surface area contributed by atoms with Gasteiger partial charge < -0.3 is 19.9 Å². The first-order valence-electron chi connectivity index (χ1n) is 9.58. The highest BCUT2D eigenvalue weighted by atomic mass is 16.5. The lowest BCUT2D eigenvalue weighted by atomic mass is 10.1. The van der Waals surface area contributed by atoms with Crippen LogP contribution in [0, 0.1) is 0 Å². The Morgan fingerprint density at radius 2 is 1.79 bits per heavy atom. The third-order valence-corrected chi connectivity index (χ3v) is 5.01. The average Bonchev–Trinajstić information content (AvgIpc) is 2.74. The fourth-order valence-corrected chi connectivity index (χ4v) is 3.34. The van der Waals surface area contributed by atoms with E-state index in [4.69, 9.17) is 4.74 Å². The van der Waals surface area contributed by atoms with Crippen molar-refractivity contribution in [2.75, 3.05) is 44.7 Å². The highest BCUT2D eigenvalue weighted by Gasteiger charge is 2.21. The van der Waals surface area contributed by atoms with E-state index in [-0.39, 0.29) is 11.8 Å². The molecule has 0 aliphatic carbocycles. The molecule has 1 aliphatic heterocycles. The summed E-state index contributed by atoms with van der Waals surface area (Å²) in [5.41, 5.74) is 2.89. The molecule has 1 saturated heterocycles. The maximum Gasteiger partial charge on any atom is 0.317 e. The smallest absolute Gasteiger partial charge is 0.317 e. The maximum absolute atomic E-state index is 12.4. The Kier molecular flexibility index (Phi) is 6.53. The molecule has 28 heavy (non-hydrogen) atoms. The van der Waals surface area contributed by atoms with Crippen molar-refractivity contribution in [1.82, 2.24) is 10.2 Å². The van der Waals surface area contributed by atoms with Crippen molar-refractivity contribution in [3.05, 3.63) is 59.7 Å². The number of nitrogens with one attached hydrogen (secondary N) is 1. The molecular formula is C22H27N3O3. The lowest BCUT2D eigenvalue weighted by Crippen LogP contribution is -2.52. The van der Waals surface area contributed by atoms with Gasteiger partial charge in [0, 0.05) is 44.0 Å². The van der Waals surface area contributed by atoms with Crippen molar-refractivity contribution in [3.63, 3.8) is 0 Å². The van der Waals surface area contributed by atoms with Crippen LogP contribution in [-0.2, 0) is 6.42 Å². The van der Waals surface area contributed by atoms with Crippen molar-refractivity contribution < 1.29 is 14.3 Å². The van der Waals surface area contributed by atoms with Gasteiger partial charge in [0.2, 0.25) is 0 Å². The molecular weight excluding hydrogens is 354 g/mol. The molecule has 148 valence electrons. The van der Waals surface area contributed by atoms with Gasteiger partial charge in [0.15, 0.2) is 5.78 Å². The zero-order valence-electron chi connectivity index (χ0n) is 16.5. The zero-order valence-corrected chi connectivity index (χ0v) is 16.5. The van der Waals surface area contributed by atoms with Crippen LogP contribution in [0.3, 0.4) is 0 Å².